The molecule has 1 rings (SSSR count). The molecule has 1 atom stereocenters. The van der Waals surface area contributed by atoms with Crippen LogP contribution in [0.4, 0.5) is 0 Å². The van der Waals surface area contributed by atoms with Crippen LogP contribution < -0.4 is 0 Å². The van der Waals surface area contributed by atoms with Crippen LogP contribution in [0, 0.1) is 10.1 Å². The zero-order chi connectivity index (χ0) is 10.4. The second-order valence-corrected chi connectivity index (χ2v) is 3.82. The highest BCUT2D eigenvalue weighted by Gasteiger charge is 2.47. The van der Waals surface area contributed by atoms with Crippen molar-refractivity contribution in [2.24, 2.45) is 0 Å². The Kier molecular flexibility index (Phi) is 2.17. The normalized spacial score (nSPS) is 28.3. The van der Waals surface area contributed by atoms with Gasteiger partial charge >= 0.3 is 6.23 Å². The molecule has 0 spiro atoms. The summed E-state index contributed by atoms with van der Waals surface area (Å²) in [6.45, 7) is 6.16. The van der Waals surface area contributed by atoms with E-state index in [4.69, 9.17) is 0 Å². The number of allylic oxidation sites excluding steroid dienone is 2. The van der Waals surface area contributed by atoms with E-state index in [9.17, 15) is 15.2 Å². The van der Waals surface area contributed by atoms with Gasteiger partial charge < -0.3 is 15.4 Å². The molecule has 0 saturated heterocycles. The van der Waals surface area contributed by atoms with Crippen molar-refractivity contribution < 1.29 is 9.87 Å². The Labute approximate surface area is 76.8 Å². The van der Waals surface area contributed by atoms with Crippen molar-refractivity contribution in [1.82, 2.24) is 5.06 Å². The fourth-order valence-electron chi connectivity index (χ4n) is 1.31. The molecule has 5 heteroatoms. The summed E-state index contributed by atoms with van der Waals surface area (Å²) in [5, 5.41) is 21.7. The quantitative estimate of drug-likeness (QED) is 0.571. The maximum absolute atomic E-state index is 11.5. The van der Waals surface area contributed by atoms with Gasteiger partial charge in [0.25, 0.3) is 5.70 Å². The first-order valence-corrected chi connectivity index (χ1v) is 4.09. The van der Waals surface area contributed by atoms with E-state index < -0.39 is 11.8 Å². The summed E-state index contributed by atoms with van der Waals surface area (Å²) >= 11 is 0. The molecule has 74 valence electrons. The Morgan fingerprint density at radius 1 is 1.54 bits per heavy atom. The average molecular weight is 186 g/mol. The number of nitroso groups, excluding NO2 is 1. The highest BCUT2D eigenvalue weighted by atomic mass is 16.5. The Balaban J connectivity index is 3.23. The second-order valence-electron chi connectivity index (χ2n) is 3.82. The van der Waals surface area contributed by atoms with Crippen LogP contribution in [-0.4, -0.2) is 26.7 Å². The Hall–Kier alpha value is -0.940. The van der Waals surface area contributed by atoms with Crippen LogP contribution in [0.3, 0.4) is 0 Å². The Morgan fingerprint density at radius 2 is 2.00 bits per heavy atom. The van der Waals surface area contributed by atoms with E-state index in [-0.39, 0.29) is 5.70 Å². The van der Waals surface area contributed by atoms with E-state index in [0.29, 0.717) is 15.5 Å². The number of hydrogen-bond donors (Lipinski definition) is 1. The van der Waals surface area contributed by atoms with Gasteiger partial charge in [0, 0.05) is 11.8 Å². The van der Waals surface area contributed by atoms with Gasteiger partial charge in [0.15, 0.2) is 0 Å². The lowest BCUT2D eigenvalue weighted by Crippen LogP contribution is -2.56. The zero-order valence-electron chi connectivity index (χ0n) is 8.24. The van der Waals surface area contributed by atoms with Gasteiger partial charge in [-0.25, -0.2) is 0 Å². The Bertz CT molecular complexity index is 283. The first kappa shape index (κ1) is 10.1. The van der Waals surface area contributed by atoms with Crippen LogP contribution in [0.1, 0.15) is 27.7 Å². The second kappa shape index (κ2) is 2.78. The van der Waals surface area contributed by atoms with Crippen LogP contribution in [-0.2, 0) is 0 Å². The molecule has 0 aliphatic carbocycles. The van der Waals surface area contributed by atoms with Crippen LogP contribution in [0.5, 0.6) is 0 Å². The number of nitrogens with zero attached hydrogens (tertiary/aromatic N) is 2. The summed E-state index contributed by atoms with van der Waals surface area (Å²) in [4.78, 5) is 11.3. The van der Waals surface area contributed by atoms with Gasteiger partial charge in [-0.05, 0) is 20.8 Å². The molecule has 0 saturated carbocycles. The molecule has 0 aromatic carbocycles. The van der Waals surface area contributed by atoms with Crippen LogP contribution in [0.15, 0.2) is 11.4 Å². The summed E-state index contributed by atoms with van der Waals surface area (Å²) in [5.41, 5.74) is -0.474. The molecular weight excluding hydrogens is 172 g/mol. The summed E-state index contributed by atoms with van der Waals surface area (Å²) in [6.07, 6.45) is -1.31. The lowest BCUT2D eigenvalue weighted by molar-refractivity contribution is -0.608. The third kappa shape index (κ3) is 1.24. The molecule has 5 nitrogen and oxygen atoms in total. The fourth-order valence-corrected chi connectivity index (χ4v) is 1.31. The van der Waals surface area contributed by atoms with Crippen LogP contribution >= 0.6 is 0 Å². The Morgan fingerprint density at radius 3 is 2.46 bits per heavy atom. The van der Waals surface area contributed by atoms with Crippen LogP contribution in [0.25, 0.3) is 0 Å². The van der Waals surface area contributed by atoms with E-state index in [2.05, 4.69) is 0 Å². The molecule has 1 N–H and O–H groups in total. The van der Waals surface area contributed by atoms with Crippen molar-refractivity contribution in [3.63, 3.8) is 0 Å². The topological polar surface area (TPSA) is 66.6 Å². The smallest absolute Gasteiger partial charge is 0.330 e. The number of aliphatic hydroxyl groups is 1. The molecule has 0 aromatic heterocycles. The maximum Gasteiger partial charge on any atom is 0.330 e. The van der Waals surface area contributed by atoms with Gasteiger partial charge in [-0.1, -0.05) is 0 Å². The minimum absolute atomic E-state index is 0.266. The summed E-state index contributed by atoms with van der Waals surface area (Å²) < 4.78 is 0.476. The van der Waals surface area contributed by atoms with Gasteiger partial charge in [-0.3, -0.25) is 0 Å². The number of hydroxylamine groups is 2. The average Bonchev–Trinajstić information content (AvgIpc) is 2.09. The number of rotatable bonds is 0. The van der Waals surface area contributed by atoms with Crippen molar-refractivity contribution >= 4 is 0 Å². The van der Waals surface area contributed by atoms with E-state index in [1.165, 1.54) is 20.8 Å². The molecule has 0 bridgehead atoms. The van der Waals surface area contributed by atoms with E-state index >= 15 is 0 Å². The lowest BCUT2D eigenvalue weighted by Gasteiger charge is -2.47. The summed E-state index contributed by atoms with van der Waals surface area (Å²) in [6, 6.07) is 0. The van der Waals surface area contributed by atoms with E-state index in [1.807, 2.05) is 0 Å². The molecular formula is C8H14N2O3. The molecule has 1 aliphatic rings. The summed E-state index contributed by atoms with van der Waals surface area (Å²) in [5.74, 6) is 0. The first-order valence-electron chi connectivity index (χ1n) is 4.09. The molecule has 0 radical (unpaired) electrons. The molecule has 0 aromatic rings. The van der Waals surface area contributed by atoms with E-state index in [0.717, 1.165) is 0 Å². The highest BCUT2D eigenvalue weighted by Crippen LogP contribution is 2.30. The molecule has 0 fully saturated rings. The molecule has 13 heavy (non-hydrogen) atoms. The largest absolute Gasteiger partial charge is 0.758 e. The van der Waals surface area contributed by atoms with Crippen LogP contribution in [0.2, 0.25) is 0 Å². The number of aliphatic hydroxyl groups excluding tert-OH is 1. The minimum Gasteiger partial charge on any atom is -0.758 e. The molecule has 0 unspecified atom stereocenters. The SMILES string of the molecule is CC1=C(C)[N+](=O)[C@H](O)C(C)(C)N1[O-]. The van der Waals surface area contributed by atoms with Gasteiger partial charge in [-0.15, -0.1) is 0 Å². The van der Waals surface area contributed by atoms with Gasteiger partial charge in [0.05, 0.1) is 10.5 Å². The zero-order valence-corrected chi connectivity index (χ0v) is 8.24. The minimum atomic E-state index is -1.31. The van der Waals surface area contributed by atoms with Crippen molar-refractivity contribution in [2.45, 2.75) is 39.5 Å². The highest BCUT2D eigenvalue weighted by molar-refractivity contribution is 5.11. The van der Waals surface area contributed by atoms with E-state index in [1.54, 1.807) is 6.92 Å². The third-order valence-corrected chi connectivity index (χ3v) is 2.54. The summed E-state index contributed by atoms with van der Waals surface area (Å²) in [7, 11) is 0. The third-order valence-electron chi connectivity index (χ3n) is 2.54. The molecule has 1 aliphatic heterocycles. The standard InChI is InChI=1S/C8H14N2O3/c1-5-6(2)10(13)8(3,4)7(11)9(5)12/h7,11H,1-4H3/t7-/m1/s1. The van der Waals surface area contributed by atoms with Gasteiger partial charge in [0.1, 0.15) is 5.54 Å². The van der Waals surface area contributed by atoms with Crippen molar-refractivity contribution in [2.75, 3.05) is 0 Å². The number of hydrogen-bond acceptors (Lipinski definition) is 4. The van der Waals surface area contributed by atoms with Gasteiger partial charge in [-0.2, -0.15) is 0 Å². The predicted octanol–water partition coefficient (Wildman–Crippen LogP) is 0.927. The molecule has 0 amide bonds. The monoisotopic (exact) mass is 186 g/mol. The van der Waals surface area contributed by atoms with Crippen molar-refractivity contribution in [3.8, 4) is 0 Å². The van der Waals surface area contributed by atoms with Crippen molar-refractivity contribution in [1.29, 1.82) is 0 Å². The lowest BCUT2D eigenvalue weighted by atomic mass is 9.98. The fraction of sp³-hybridized carbons (Fsp3) is 0.750. The maximum atomic E-state index is 11.5. The van der Waals surface area contributed by atoms with Gasteiger partial charge in [0.2, 0.25) is 0 Å². The molecule has 1 heterocycles. The first-order chi connectivity index (χ1) is 5.80. The van der Waals surface area contributed by atoms with Crippen molar-refractivity contribution in [3.05, 3.63) is 21.5 Å². The predicted molar refractivity (Wildman–Crippen MR) is 47.3 cm³/mol.